The van der Waals surface area contributed by atoms with E-state index in [1.54, 1.807) is 0 Å². The Morgan fingerprint density at radius 1 is 0.389 bits per heavy atom. The Labute approximate surface area is 533 Å². The predicted octanol–water partition coefficient (Wildman–Crippen LogP) is 21.4. The summed E-state index contributed by atoms with van der Waals surface area (Å²) in [5.41, 5.74) is 22.5. The third-order valence-electron chi connectivity index (χ3n) is 17.6. The molecule has 4 heterocycles. The summed E-state index contributed by atoms with van der Waals surface area (Å²) in [6.07, 6.45) is 2.01. The van der Waals surface area contributed by atoms with Crippen LogP contribution in [0.4, 0.5) is 0 Å². The van der Waals surface area contributed by atoms with E-state index in [1.807, 2.05) is 12.3 Å². The number of aryl methyl sites for hydroxylation is 1. The third-order valence-corrected chi connectivity index (χ3v) is 18.6. The quantitative estimate of drug-likeness (QED) is 0.128. The van der Waals surface area contributed by atoms with Crippen molar-refractivity contribution in [3.8, 4) is 84.3 Å². The first-order valence-electron chi connectivity index (χ1n) is 30.5. The van der Waals surface area contributed by atoms with E-state index in [0.717, 1.165) is 142 Å². The minimum atomic E-state index is 0.0630. The van der Waals surface area contributed by atoms with E-state index in [9.17, 15) is 0 Å². The number of rotatable bonds is 10. The number of aromatic nitrogens is 5. The van der Waals surface area contributed by atoms with Crippen LogP contribution in [0.1, 0.15) is 31.9 Å². The second kappa shape index (κ2) is 22.2. The molecule has 6 nitrogen and oxygen atoms in total. The number of benzene rings is 12. The van der Waals surface area contributed by atoms with E-state index in [0.29, 0.717) is 11.5 Å². The van der Waals surface area contributed by atoms with Gasteiger partial charge in [-0.1, -0.05) is 57.2 Å². The molecule has 7 heteroatoms. The molecule has 434 valence electrons. The first-order chi connectivity index (χ1) is 44.1. The SMILES string of the molecule is Cc1cc(-n2c3[c-]c(Oc4[c-]c5c(cc4)n(-c4cc(-c6ccccc6)cc(-c6ccccc6)c4)c4ccccc4c4cccc6c4n5[c](=[Pt])n6-c4c(-c5ccccc5)cccc4-c4ccccc4)ccc3c3ccccc32)ncc1-c1ccc(C(C)(C)C)cc1. The average Bonchev–Trinajstić information content (AvgIpc) is 1.51. The maximum atomic E-state index is 7.19. The van der Waals surface area contributed by atoms with Gasteiger partial charge in [0.25, 0.3) is 0 Å². The molecule has 16 aromatic rings. The molecule has 0 aliphatic heterocycles. The van der Waals surface area contributed by atoms with Gasteiger partial charge < -0.3 is 0 Å². The average molecular weight is 1340 g/mol. The van der Waals surface area contributed by atoms with Crippen molar-refractivity contribution in [3.63, 3.8) is 0 Å². The van der Waals surface area contributed by atoms with Gasteiger partial charge in [-0.3, -0.25) is 0 Å². The van der Waals surface area contributed by atoms with Gasteiger partial charge in [0.05, 0.1) is 0 Å². The van der Waals surface area contributed by atoms with Crippen LogP contribution in [-0.4, -0.2) is 23.1 Å². The van der Waals surface area contributed by atoms with Crippen molar-refractivity contribution < 1.29 is 24.1 Å². The number of ether oxygens (including phenoxy) is 1. The van der Waals surface area contributed by atoms with Gasteiger partial charge in [0.1, 0.15) is 0 Å². The maximum absolute atomic E-state index is 7.19. The van der Waals surface area contributed by atoms with Crippen LogP contribution in [0.15, 0.2) is 285 Å². The molecule has 0 radical (unpaired) electrons. The predicted molar refractivity (Wildman–Crippen MR) is 368 cm³/mol. The van der Waals surface area contributed by atoms with Gasteiger partial charge in [0, 0.05) is 11.8 Å². The van der Waals surface area contributed by atoms with Gasteiger partial charge in [-0.15, -0.1) is 0 Å². The van der Waals surface area contributed by atoms with Crippen molar-refractivity contribution in [2.24, 2.45) is 0 Å². The van der Waals surface area contributed by atoms with Crippen LogP contribution in [0.2, 0.25) is 0 Å². The Morgan fingerprint density at radius 3 is 1.49 bits per heavy atom. The summed E-state index contributed by atoms with van der Waals surface area (Å²) in [7, 11) is 0. The molecule has 0 aliphatic rings. The molecule has 0 N–H and O–H groups in total. The van der Waals surface area contributed by atoms with Crippen molar-refractivity contribution in [3.05, 3.63) is 312 Å². The fourth-order valence-corrected chi connectivity index (χ4v) is 14.3. The van der Waals surface area contributed by atoms with Crippen molar-refractivity contribution in [1.29, 1.82) is 0 Å². The second-order valence-electron chi connectivity index (χ2n) is 24.2. The molecule has 0 saturated heterocycles. The second-order valence-corrected chi connectivity index (χ2v) is 25.2. The minimum absolute atomic E-state index is 0.0630. The fourth-order valence-electron chi connectivity index (χ4n) is 13.2. The van der Waals surface area contributed by atoms with Crippen LogP contribution in [-0.2, 0) is 24.8 Å². The Morgan fingerprint density at radius 2 is 0.889 bits per heavy atom. The molecule has 0 saturated carbocycles. The minimum Gasteiger partial charge on any atom is -0.0579 e. The molecule has 4 aromatic heterocycles. The Kier molecular flexibility index (Phi) is 13.5. The van der Waals surface area contributed by atoms with E-state index < -0.39 is 0 Å². The first kappa shape index (κ1) is 54.7. The zero-order valence-corrected chi connectivity index (χ0v) is 52.4. The fraction of sp³-hybridized carbons (Fsp3) is 0.0602. The van der Waals surface area contributed by atoms with Crippen molar-refractivity contribution in [1.82, 2.24) is 23.1 Å². The summed E-state index contributed by atoms with van der Waals surface area (Å²) in [5, 5.41) is 4.34. The Bertz CT molecular complexity index is 5440. The Hall–Kier alpha value is -10.7. The number of hydrogen-bond donors (Lipinski definition) is 0. The molecule has 0 fully saturated rings. The van der Waals surface area contributed by atoms with Gasteiger partial charge in [-0.2, -0.15) is 0 Å². The number of fused-ring (bicyclic) bond motifs is 7. The van der Waals surface area contributed by atoms with Crippen LogP contribution in [0, 0.1) is 22.9 Å². The van der Waals surface area contributed by atoms with Crippen molar-refractivity contribution in [2.45, 2.75) is 33.1 Å². The summed E-state index contributed by atoms with van der Waals surface area (Å²) < 4.78 is 17.7. The van der Waals surface area contributed by atoms with Gasteiger partial charge in [-0.05, 0) is 29.0 Å². The van der Waals surface area contributed by atoms with E-state index in [-0.39, 0.29) is 5.41 Å². The van der Waals surface area contributed by atoms with Crippen LogP contribution >= 0.6 is 0 Å². The standard InChI is InChI=1S/C83H59N5O.Pt/c1-55-47-80(84-53-73(55)60-39-41-63(42-40-60)83(2,3)4)88-75-37-20-17-31-69(75)71-45-43-65(51-78(71)88)89-66-44-46-76-79(52-66)86-54-85(81-67(58-27-13-7-14-28-58)33-21-34-68(81)59-29-15-8-16-30-59)77-38-22-35-72(82(77)86)70-32-18-19-36-74(70)87(76)64-49-61(56-23-9-5-10-24-56)48-62(50-64)57-25-11-6-12-26-57;/h5-50,53H,1-4H3;/q-2;. The number of hydrogen-bond acceptors (Lipinski definition) is 2. The zero-order chi connectivity index (χ0) is 60.6. The third kappa shape index (κ3) is 9.46. The Balaban J connectivity index is 0.965. The van der Waals surface area contributed by atoms with E-state index in [4.69, 9.17) is 9.72 Å². The molecule has 90 heavy (non-hydrogen) atoms. The van der Waals surface area contributed by atoms with Gasteiger partial charge in [0.15, 0.2) is 0 Å². The summed E-state index contributed by atoms with van der Waals surface area (Å²) in [4.78, 5) is 5.20. The monoisotopic (exact) mass is 1340 g/mol. The molecule has 16 rings (SSSR count). The van der Waals surface area contributed by atoms with Crippen molar-refractivity contribution >= 4 is 60.2 Å². The number of nitrogens with zero attached hydrogens (tertiary/aromatic N) is 5. The van der Waals surface area contributed by atoms with Gasteiger partial charge in [-0.25, -0.2) is 0 Å². The van der Waals surface area contributed by atoms with Crippen LogP contribution in [0.3, 0.4) is 0 Å². The molecule has 0 aliphatic carbocycles. The molecular formula is C83H59N5OPt-2. The van der Waals surface area contributed by atoms with E-state index >= 15 is 0 Å². The summed E-state index contributed by atoms with van der Waals surface area (Å²) in [5.74, 6) is 1.90. The van der Waals surface area contributed by atoms with E-state index in [2.05, 4.69) is 350 Å². The molecule has 0 atom stereocenters. The molecular weight excluding hydrogens is 1280 g/mol. The smallest absolute Gasteiger partial charge is 0.0579 e. The van der Waals surface area contributed by atoms with Crippen LogP contribution in [0.25, 0.3) is 133 Å². The van der Waals surface area contributed by atoms with Crippen molar-refractivity contribution in [2.75, 3.05) is 0 Å². The molecule has 0 amide bonds. The van der Waals surface area contributed by atoms with Gasteiger partial charge >= 0.3 is 439 Å². The topological polar surface area (TPSA) is 41.3 Å². The van der Waals surface area contributed by atoms with Gasteiger partial charge in [0.2, 0.25) is 0 Å². The molecule has 0 unspecified atom stereocenters. The zero-order valence-electron chi connectivity index (χ0n) is 50.1. The number of pyridine rings is 1. The summed E-state index contributed by atoms with van der Waals surface area (Å²) in [6, 6.07) is 108. The number of para-hydroxylation sites is 4. The van der Waals surface area contributed by atoms with Crippen LogP contribution in [0.5, 0.6) is 11.5 Å². The van der Waals surface area contributed by atoms with E-state index in [1.165, 1.54) is 5.56 Å². The summed E-state index contributed by atoms with van der Waals surface area (Å²) in [6.45, 7) is 8.92. The molecule has 12 aromatic carbocycles. The summed E-state index contributed by atoms with van der Waals surface area (Å²) >= 11 is 2.57. The normalized spacial score (nSPS) is 11.8. The molecule has 0 spiro atoms. The van der Waals surface area contributed by atoms with Crippen LogP contribution < -0.4 is 4.74 Å². The molecule has 0 bridgehead atoms. The number of imidazole rings is 1. The first-order valence-corrected chi connectivity index (χ1v) is 31.6.